The molecule has 44 heavy (non-hydrogen) atoms. The van der Waals surface area contributed by atoms with Crippen molar-refractivity contribution in [2.45, 2.75) is 12.0 Å². The van der Waals surface area contributed by atoms with Crippen LogP contribution in [0.3, 0.4) is 0 Å². The van der Waals surface area contributed by atoms with E-state index in [4.69, 9.17) is 19.7 Å². The summed E-state index contributed by atoms with van der Waals surface area (Å²) in [6, 6.07) is 40.0. The van der Waals surface area contributed by atoms with E-state index < -0.39 is 0 Å². The zero-order chi connectivity index (χ0) is 29.0. The highest BCUT2D eigenvalue weighted by Gasteiger charge is 2.36. The Morgan fingerprint density at radius 2 is 1.20 bits per heavy atom. The fourth-order valence-electron chi connectivity index (χ4n) is 6.36. The first-order valence-electron chi connectivity index (χ1n) is 14.8. The van der Waals surface area contributed by atoms with Crippen LogP contribution in [-0.4, -0.2) is 21.1 Å². The Morgan fingerprint density at radius 1 is 0.523 bits per heavy atom. The largest absolute Gasteiger partial charge is 0.485 e. The number of benzene rings is 5. The van der Waals surface area contributed by atoms with Crippen molar-refractivity contribution < 1.29 is 4.74 Å². The van der Waals surface area contributed by atoms with Gasteiger partial charge >= 0.3 is 0 Å². The quantitative estimate of drug-likeness (QED) is 0.207. The van der Waals surface area contributed by atoms with Gasteiger partial charge in [-0.2, -0.15) is 0 Å². The van der Waals surface area contributed by atoms with E-state index in [1.165, 1.54) is 20.2 Å². The second kappa shape index (κ2) is 10.1. The number of rotatable bonds is 4. The maximum absolute atomic E-state index is 6.53. The Morgan fingerprint density at radius 3 is 2.05 bits per heavy atom. The summed E-state index contributed by atoms with van der Waals surface area (Å²) in [6.07, 6.45) is 8.46. The molecule has 1 aliphatic heterocycles. The highest BCUT2D eigenvalue weighted by molar-refractivity contribution is 7.25. The lowest BCUT2D eigenvalue weighted by Crippen LogP contribution is -2.16. The summed E-state index contributed by atoms with van der Waals surface area (Å²) in [4.78, 5) is 15.4. The van der Waals surface area contributed by atoms with E-state index in [0.717, 1.165) is 39.1 Å². The Kier molecular flexibility index (Phi) is 5.78. The number of allylic oxidation sites excluding steroid dienone is 2. The predicted octanol–water partition coefficient (Wildman–Crippen LogP) is 9.88. The van der Waals surface area contributed by atoms with Gasteiger partial charge in [0.2, 0.25) is 0 Å². The van der Waals surface area contributed by atoms with Crippen LogP contribution in [0.1, 0.15) is 11.5 Å². The van der Waals surface area contributed by atoms with Crippen molar-refractivity contribution in [1.82, 2.24) is 15.0 Å². The standard InChI is InChI=1S/C39H25N3OS/c1-3-11-24(12-4-1)27-21-31(36-30-16-7-9-17-32(30)43-33(36)22-27)39-41-37(25-13-5-2-6-14-25)40-38(42-39)26-19-20-29-28-15-8-10-18-34(28)44-35(29)23-26/h1-23,30,32H. The zero-order valence-electron chi connectivity index (χ0n) is 23.6. The summed E-state index contributed by atoms with van der Waals surface area (Å²) in [7, 11) is 0. The molecule has 0 bridgehead atoms. The van der Waals surface area contributed by atoms with Gasteiger partial charge in [0.1, 0.15) is 11.9 Å². The van der Waals surface area contributed by atoms with E-state index >= 15 is 0 Å². The van der Waals surface area contributed by atoms with Crippen LogP contribution >= 0.6 is 11.3 Å². The minimum Gasteiger partial charge on any atom is -0.485 e. The number of thiophene rings is 1. The van der Waals surface area contributed by atoms with Crippen LogP contribution in [0.2, 0.25) is 0 Å². The molecule has 2 aliphatic rings. The molecular formula is C39H25N3OS. The molecule has 4 nitrogen and oxygen atoms in total. The molecule has 208 valence electrons. The minimum absolute atomic E-state index is 0.0509. The fraction of sp³-hybridized carbons (Fsp3) is 0.0513. The molecule has 7 aromatic rings. The molecule has 0 saturated heterocycles. The van der Waals surface area contributed by atoms with Gasteiger partial charge in [0.05, 0.1) is 0 Å². The molecule has 0 spiro atoms. The molecule has 5 aromatic carbocycles. The van der Waals surface area contributed by atoms with Gasteiger partial charge in [0, 0.05) is 48.3 Å². The lowest BCUT2D eigenvalue weighted by molar-refractivity contribution is 0.269. The van der Waals surface area contributed by atoms with Gasteiger partial charge in [-0.3, -0.25) is 0 Å². The number of fused-ring (bicyclic) bond motifs is 6. The van der Waals surface area contributed by atoms with Crippen LogP contribution in [0, 0.1) is 0 Å². The van der Waals surface area contributed by atoms with Crippen LogP contribution in [0.15, 0.2) is 140 Å². The highest BCUT2D eigenvalue weighted by Crippen LogP contribution is 2.48. The molecule has 0 N–H and O–H groups in total. The first kappa shape index (κ1) is 25.1. The number of hydrogen-bond acceptors (Lipinski definition) is 5. The van der Waals surface area contributed by atoms with E-state index in [1.54, 1.807) is 11.3 Å². The fourth-order valence-corrected chi connectivity index (χ4v) is 7.51. The van der Waals surface area contributed by atoms with Crippen molar-refractivity contribution in [3.63, 3.8) is 0 Å². The molecule has 0 radical (unpaired) electrons. The molecule has 1 aliphatic carbocycles. The number of aromatic nitrogens is 3. The highest BCUT2D eigenvalue weighted by atomic mass is 32.1. The van der Waals surface area contributed by atoms with Crippen LogP contribution in [0.4, 0.5) is 0 Å². The molecule has 2 aromatic heterocycles. The first-order valence-corrected chi connectivity index (χ1v) is 15.6. The lowest BCUT2D eigenvalue weighted by Gasteiger charge is -2.16. The third kappa shape index (κ3) is 4.16. The smallest absolute Gasteiger partial charge is 0.164 e. The average Bonchev–Trinajstić information content (AvgIpc) is 3.66. The monoisotopic (exact) mass is 583 g/mol. The van der Waals surface area contributed by atoms with Crippen LogP contribution in [-0.2, 0) is 0 Å². The Balaban J connectivity index is 1.28. The van der Waals surface area contributed by atoms with E-state index in [0.29, 0.717) is 17.5 Å². The van der Waals surface area contributed by atoms with Gasteiger partial charge < -0.3 is 4.74 Å². The molecule has 0 amide bonds. The van der Waals surface area contributed by atoms with Crippen LogP contribution < -0.4 is 4.74 Å². The summed E-state index contributed by atoms with van der Waals surface area (Å²) in [5, 5.41) is 2.53. The maximum atomic E-state index is 6.53. The van der Waals surface area contributed by atoms with Gasteiger partial charge in [0.25, 0.3) is 0 Å². The van der Waals surface area contributed by atoms with E-state index in [1.807, 2.05) is 24.3 Å². The Labute approximate surface area is 258 Å². The van der Waals surface area contributed by atoms with Gasteiger partial charge in [-0.1, -0.05) is 109 Å². The molecule has 2 atom stereocenters. The predicted molar refractivity (Wildman–Crippen MR) is 180 cm³/mol. The molecule has 5 heteroatoms. The SMILES string of the molecule is C1=CC2Oc3cc(-c4ccccc4)cc(-c4nc(-c5ccccc5)nc(-c5ccc6c(c5)sc5ccccc56)n4)c3C2C=C1. The van der Waals surface area contributed by atoms with Crippen molar-refractivity contribution in [3.05, 3.63) is 145 Å². The van der Waals surface area contributed by atoms with E-state index in [2.05, 4.69) is 115 Å². The van der Waals surface area contributed by atoms with Crippen molar-refractivity contribution in [2.24, 2.45) is 0 Å². The maximum Gasteiger partial charge on any atom is 0.164 e. The van der Waals surface area contributed by atoms with E-state index in [9.17, 15) is 0 Å². The van der Waals surface area contributed by atoms with Crippen molar-refractivity contribution in [2.75, 3.05) is 0 Å². The Hall–Kier alpha value is -5.39. The summed E-state index contributed by atoms with van der Waals surface area (Å²) in [5.74, 6) is 2.91. The van der Waals surface area contributed by atoms with Crippen LogP contribution in [0.5, 0.6) is 5.75 Å². The summed E-state index contributed by atoms with van der Waals surface area (Å²) in [6.45, 7) is 0. The molecular weight excluding hydrogens is 559 g/mol. The average molecular weight is 584 g/mol. The van der Waals surface area contributed by atoms with E-state index in [-0.39, 0.29) is 12.0 Å². The second-order valence-corrected chi connectivity index (χ2v) is 12.2. The number of ether oxygens (including phenoxy) is 1. The molecule has 0 saturated carbocycles. The third-order valence-corrected chi connectivity index (χ3v) is 9.61. The number of nitrogens with zero attached hydrogens (tertiary/aromatic N) is 3. The molecule has 0 fully saturated rings. The normalized spacial score (nSPS) is 16.6. The van der Waals surface area contributed by atoms with Gasteiger partial charge in [-0.25, -0.2) is 15.0 Å². The molecule has 9 rings (SSSR count). The summed E-state index contributed by atoms with van der Waals surface area (Å²) >= 11 is 1.80. The van der Waals surface area contributed by atoms with Gasteiger partial charge in [0.15, 0.2) is 17.5 Å². The minimum atomic E-state index is -0.0509. The third-order valence-electron chi connectivity index (χ3n) is 8.48. The Bertz CT molecular complexity index is 2270. The number of hydrogen-bond donors (Lipinski definition) is 0. The van der Waals surface area contributed by atoms with Crippen molar-refractivity contribution in [3.8, 4) is 51.0 Å². The molecule has 2 unspecified atom stereocenters. The van der Waals surface area contributed by atoms with Crippen molar-refractivity contribution >= 4 is 31.5 Å². The molecule has 3 heterocycles. The topological polar surface area (TPSA) is 47.9 Å². The summed E-state index contributed by atoms with van der Waals surface area (Å²) in [5.41, 5.74) is 6.19. The summed E-state index contributed by atoms with van der Waals surface area (Å²) < 4.78 is 9.03. The van der Waals surface area contributed by atoms with Crippen LogP contribution in [0.25, 0.3) is 65.5 Å². The second-order valence-electron chi connectivity index (χ2n) is 11.2. The van der Waals surface area contributed by atoms with Gasteiger partial charge in [-0.05, 0) is 41.5 Å². The van der Waals surface area contributed by atoms with Gasteiger partial charge in [-0.15, -0.1) is 11.3 Å². The first-order chi connectivity index (χ1) is 21.8. The lowest BCUT2D eigenvalue weighted by atomic mass is 9.87. The van der Waals surface area contributed by atoms with Crippen molar-refractivity contribution in [1.29, 1.82) is 0 Å². The zero-order valence-corrected chi connectivity index (χ0v) is 24.4.